The lowest BCUT2D eigenvalue weighted by Crippen LogP contribution is -2.15. The number of rotatable bonds is 2. The smallest absolute Gasteiger partial charge is 0.0202 e. The second-order valence-electron chi connectivity index (χ2n) is 3.90. The van der Waals surface area contributed by atoms with E-state index in [0.717, 1.165) is 0 Å². The maximum atomic E-state index is 5.35. The molecule has 0 aliphatic heterocycles. The van der Waals surface area contributed by atoms with Crippen LogP contribution in [0.1, 0.15) is 33.6 Å². The normalized spacial score (nSPS) is 26.6. The van der Waals surface area contributed by atoms with Gasteiger partial charge in [0, 0.05) is 5.92 Å². The second kappa shape index (κ2) is 2.31. The molecular weight excluding hydrogens is 120 g/mol. The predicted octanol–water partition coefficient (Wildman–Crippen LogP) is 2.69. The van der Waals surface area contributed by atoms with Gasteiger partial charge in [-0.25, -0.2) is 0 Å². The molecule has 1 fully saturated rings. The molecule has 2 atom stereocenters. The maximum absolute atomic E-state index is 5.35. The Morgan fingerprint density at radius 3 is 2.20 bits per heavy atom. The molecular formula is C10H16. The lowest BCUT2D eigenvalue weighted by molar-refractivity contribution is 0.305. The summed E-state index contributed by atoms with van der Waals surface area (Å²) in [5.41, 5.74) is 0.589. The van der Waals surface area contributed by atoms with Gasteiger partial charge in [0.05, 0.1) is 0 Å². The zero-order chi connectivity index (χ0) is 7.78. The monoisotopic (exact) mass is 136 g/mol. The summed E-state index contributed by atoms with van der Waals surface area (Å²) in [5, 5.41) is 0. The minimum Gasteiger partial charge on any atom is -0.120 e. The van der Waals surface area contributed by atoms with Gasteiger partial charge in [-0.15, -0.1) is 12.3 Å². The molecule has 0 N–H and O–H groups in total. The fourth-order valence-electron chi connectivity index (χ4n) is 1.40. The lowest BCUT2D eigenvalue weighted by Gasteiger charge is -2.21. The van der Waals surface area contributed by atoms with E-state index in [1.165, 1.54) is 12.8 Å². The van der Waals surface area contributed by atoms with Gasteiger partial charge in [0.1, 0.15) is 0 Å². The highest BCUT2D eigenvalue weighted by atomic mass is 14.5. The van der Waals surface area contributed by atoms with Crippen LogP contribution in [0.3, 0.4) is 0 Å². The van der Waals surface area contributed by atoms with Crippen LogP contribution in [0, 0.1) is 29.6 Å². The van der Waals surface area contributed by atoms with Crippen LogP contribution in [0.4, 0.5) is 0 Å². The Kier molecular flexibility index (Phi) is 1.77. The first kappa shape index (κ1) is 7.66. The minimum atomic E-state index is 0.451. The number of hydrogen-bond donors (Lipinski definition) is 0. The molecule has 0 amide bonds. The van der Waals surface area contributed by atoms with E-state index in [-0.39, 0.29) is 0 Å². The average Bonchev–Trinajstić information content (AvgIpc) is 2.66. The molecule has 0 aromatic rings. The molecule has 0 aromatic heterocycles. The molecule has 1 rings (SSSR count). The molecule has 0 spiro atoms. The van der Waals surface area contributed by atoms with E-state index in [1.807, 2.05) is 0 Å². The third-order valence-corrected chi connectivity index (χ3v) is 3.15. The predicted molar refractivity (Wildman–Crippen MR) is 44.5 cm³/mol. The molecule has 1 aliphatic rings. The van der Waals surface area contributed by atoms with Gasteiger partial charge in [-0.05, 0) is 24.2 Å². The standard InChI is InChI=1S/C10H16/c1-5-8(2)9(3)10(4)6-7-10/h1,8-9H,6-7H2,2-4H3. The summed E-state index contributed by atoms with van der Waals surface area (Å²) in [6, 6.07) is 0. The number of hydrogen-bond acceptors (Lipinski definition) is 0. The van der Waals surface area contributed by atoms with Crippen molar-refractivity contribution in [2.75, 3.05) is 0 Å². The van der Waals surface area contributed by atoms with Crippen molar-refractivity contribution in [3.8, 4) is 12.3 Å². The van der Waals surface area contributed by atoms with E-state index in [2.05, 4.69) is 26.7 Å². The Morgan fingerprint density at radius 2 is 1.90 bits per heavy atom. The molecule has 0 bridgehead atoms. The quantitative estimate of drug-likeness (QED) is 0.512. The van der Waals surface area contributed by atoms with Crippen LogP contribution >= 0.6 is 0 Å². The van der Waals surface area contributed by atoms with Crippen LogP contribution in [0.25, 0.3) is 0 Å². The molecule has 0 saturated heterocycles. The molecule has 10 heavy (non-hydrogen) atoms. The van der Waals surface area contributed by atoms with Crippen LogP contribution < -0.4 is 0 Å². The van der Waals surface area contributed by atoms with Crippen molar-refractivity contribution >= 4 is 0 Å². The third-order valence-electron chi connectivity index (χ3n) is 3.15. The zero-order valence-corrected chi connectivity index (χ0v) is 7.15. The fraction of sp³-hybridized carbons (Fsp3) is 0.800. The largest absolute Gasteiger partial charge is 0.120 e. The summed E-state index contributed by atoms with van der Waals surface area (Å²) in [7, 11) is 0. The molecule has 56 valence electrons. The van der Waals surface area contributed by atoms with Crippen LogP contribution in [0.5, 0.6) is 0 Å². The third kappa shape index (κ3) is 1.19. The van der Waals surface area contributed by atoms with Gasteiger partial charge in [0.2, 0.25) is 0 Å². The van der Waals surface area contributed by atoms with Crippen molar-refractivity contribution < 1.29 is 0 Å². The molecule has 0 radical (unpaired) electrons. The first-order valence-electron chi connectivity index (χ1n) is 4.06. The first-order valence-corrected chi connectivity index (χ1v) is 4.06. The molecule has 1 aliphatic carbocycles. The van der Waals surface area contributed by atoms with E-state index in [1.54, 1.807) is 0 Å². The topological polar surface area (TPSA) is 0 Å². The maximum Gasteiger partial charge on any atom is 0.0202 e. The Hall–Kier alpha value is -0.440. The lowest BCUT2D eigenvalue weighted by atomic mass is 9.83. The van der Waals surface area contributed by atoms with E-state index < -0.39 is 0 Å². The highest BCUT2D eigenvalue weighted by molar-refractivity contribution is 5.02. The Morgan fingerprint density at radius 1 is 1.40 bits per heavy atom. The summed E-state index contributed by atoms with van der Waals surface area (Å²) in [4.78, 5) is 0. The van der Waals surface area contributed by atoms with Crippen molar-refractivity contribution in [3.63, 3.8) is 0 Å². The fourth-order valence-corrected chi connectivity index (χ4v) is 1.40. The van der Waals surface area contributed by atoms with Crippen LogP contribution in [-0.2, 0) is 0 Å². The van der Waals surface area contributed by atoms with Gasteiger partial charge in [0.15, 0.2) is 0 Å². The van der Waals surface area contributed by atoms with E-state index in [0.29, 0.717) is 17.3 Å². The van der Waals surface area contributed by atoms with E-state index in [9.17, 15) is 0 Å². The summed E-state index contributed by atoms with van der Waals surface area (Å²) < 4.78 is 0. The SMILES string of the molecule is C#CC(C)C(C)C1(C)CC1. The number of terminal acetylenes is 1. The summed E-state index contributed by atoms with van der Waals surface area (Å²) >= 11 is 0. The van der Waals surface area contributed by atoms with E-state index in [4.69, 9.17) is 6.42 Å². The molecule has 0 nitrogen and oxygen atoms in total. The molecule has 0 aromatic carbocycles. The van der Waals surface area contributed by atoms with Crippen molar-refractivity contribution in [2.24, 2.45) is 17.3 Å². The van der Waals surface area contributed by atoms with Gasteiger partial charge < -0.3 is 0 Å². The molecule has 1 saturated carbocycles. The van der Waals surface area contributed by atoms with E-state index >= 15 is 0 Å². The van der Waals surface area contributed by atoms with Gasteiger partial charge in [-0.1, -0.05) is 20.8 Å². The van der Waals surface area contributed by atoms with Crippen LogP contribution in [0.2, 0.25) is 0 Å². The van der Waals surface area contributed by atoms with Crippen molar-refractivity contribution in [3.05, 3.63) is 0 Å². The average molecular weight is 136 g/mol. The zero-order valence-electron chi connectivity index (χ0n) is 7.15. The van der Waals surface area contributed by atoms with Gasteiger partial charge >= 0.3 is 0 Å². The Labute approximate surface area is 64.0 Å². The molecule has 2 unspecified atom stereocenters. The Bertz CT molecular complexity index is 157. The highest BCUT2D eigenvalue weighted by Crippen LogP contribution is 2.53. The summed E-state index contributed by atoms with van der Waals surface area (Å²) in [6.07, 6.45) is 8.10. The van der Waals surface area contributed by atoms with Crippen LogP contribution in [0.15, 0.2) is 0 Å². The van der Waals surface area contributed by atoms with Crippen molar-refractivity contribution in [1.29, 1.82) is 0 Å². The van der Waals surface area contributed by atoms with Gasteiger partial charge in [-0.2, -0.15) is 0 Å². The minimum absolute atomic E-state index is 0.451. The first-order chi connectivity index (χ1) is 4.60. The molecule has 0 heteroatoms. The van der Waals surface area contributed by atoms with Crippen molar-refractivity contribution in [2.45, 2.75) is 33.6 Å². The van der Waals surface area contributed by atoms with Crippen molar-refractivity contribution in [1.82, 2.24) is 0 Å². The Balaban J connectivity index is 2.50. The van der Waals surface area contributed by atoms with Gasteiger partial charge in [-0.3, -0.25) is 0 Å². The summed E-state index contributed by atoms with van der Waals surface area (Å²) in [5.74, 6) is 3.97. The summed E-state index contributed by atoms with van der Waals surface area (Å²) in [6.45, 7) is 6.76. The molecule has 0 heterocycles. The second-order valence-corrected chi connectivity index (χ2v) is 3.90. The highest BCUT2D eigenvalue weighted by Gasteiger charge is 2.43. The van der Waals surface area contributed by atoms with Gasteiger partial charge in [0.25, 0.3) is 0 Å². The van der Waals surface area contributed by atoms with Crippen LogP contribution in [-0.4, -0.2) is 0 Å².